The number of hydrogen-bond donors (Lipinski definition) is 0. The molecule has 0 aromatic rings. The average Bonchev–Trinajstić information content (AvgIpc) is 3.36. The third kappa shape index (κ3) is 54.5. The lowest BCUT2D eigenvalue weighted by molar-refractivity contribution is -0.167. The predicted octanol–water partition coefficient (Wildman–Crippen LogP) is 19.0. The molecule has 0 rings (SSSR count). The fraction of sp³-hybridized carbons (Fsp3) is 0.609. The Bertz CT molecular complexity index is 1530. The lowest BCUT2D eigenvalue weighted by Crippen LogP contribution is -2.30. The number of hydrogen-bond acceptors (Lipinski definition) is 6. The largest absolute Gasteiger partial charge is 0.462 e. The summed E-state index contributed by atoms with van der Waals surface area (Å²) in [5.41, 5.74) is 0. The third-order valence-corrected chi connectivity index (χ3v) is 11.5. The minimum atomic E-state index is -0.827. The van der Waals surface area contributed by atoms with Crippen LogP contribution in [0.25, 0.3) is 0 Å². The average molecular weight is 968 g/mol. The second-order valence-electron chi connectivity index (χ2n) is 18.2. The minimum absolute atomic E-state index is 0.117. The maximum Gasteiger partial charge on any atom is 0.306 e. The zero-order chi connectivity index (χ0) is 50.7. The smallest absolute Gasteiger partial charge is 0.306 e. The number of carbonyl (C=O) groups is 3. The molecule has 0 saturated carbocycles. The van der Waals surface area contributed by atoms with Gasteiger partial charge in [-0.25, -0.2) is 0 Å². The quantitative estimate of drug-likeness (QED) is 0.0199. The molecule has 70 heavy (non-hydrogen) atoms. The molecule has 0 aliphatic rings. The van der Waals surface area contributed by atoms with E-state index in [4.69, 9.17) is 14.2 Å². The van der Waals surface area contributed by atoms with Crippen molar-refractivity contribution in [2.45, 2.75) is 239 Å². The van der Waals surface area contributed by atoms with E-state index in [1.807, 2.05) is 0 Å². The van der Waals surface area contributed by atoms with Gasteiger partial charge in [-0.2, -0.15) is 0 Å². The van der Waals surface area contributed by atoms with Crippen LogP contribution in [-0.2, 0) is 28.6 Å². The Hall–Kier alpha value is -4.45. The van der Waals surface area contributed by atoms with Crippen molar-refractivity contribution in [1.82, 2.24) is 0 Å². The van der Waals surface area contributed by atoms with Crippen LogP contribution >= 0.6 is 0 Å². The van der Waals surface area contributed by atoms with Gasteiger partial charge in [0.1, 0.15) is 13.2 Å². The van der Waals surface area contributed by atoms with Crippen molar-refractivity contribution in [3.8, 4) is 0 Å². The molecule has 0 N–H and O–H groups in total. The molecule has 0 aliphatic heterocycles. The number of ether oxygens (including phenoxy) is 3. The van der Waals surface area contributed by atoms with E-state index in [9.17, 15) is 14.4 Å². The van der Waals surface area contributed by atoms with Gasteiger partial charge in [0, 0.05) is 19.3 Å². The number of rotatable bonds is 49. The lowest BCUT2D eigenvalue weighted by atomic mass is 10.1. The Morgan fingerprint density at radius 3 is 1.04 bits per heavy atom. The van der Waals surface area contributed by atoms with Crippen LogP contribution in [0.5, 0.6) is 0 Å². The zero-order valence-electron chi connectivity index (χ0n) is 45.0. The van der Waals surface area contributed by atoms with Crippen molar-refractivity contribution in [2.24, 2.45) is 0 Å². The molecule has 394 valence electrons. The molecule has 0 amide bonds. The van der Waals surface area contributed by atoms with Crippen LogP contribution < -0.4 is 0 Å². The van der Waals surface area contributed by atoms with Gasteiger partial charge in [0.05, 0.1) is 0 Å². The second-order valence-corrected chi connectivity index (χ2v) is 18.2. The normalized spacial score (nSPS) is 13.1. The maximum atomic E-state index is 12.8. The van der Waals surface area contributed by atoms with E-state index in [2.05, 4.69) is 154 Å². The monoisotopic (exact) mass is 967 g/mol. The van der Waals surface area contributed by atoms with Gasteiger partial charge >= 0.3 is 17.9 Å². The molecule has 0 spiro atoms. The van der Waals surface area contributed by atoms with E-state index < -0.39 is 6.10 Å². The maximum absolute atomic E-state index is 12.8. The van der Waals surface area contributed by atoms with Gasteiger partial charge in [0.2, 0.25) is 0 Å². The molecule has 0 heterocycles. The Kier molecular flexibility index (Phi) is 53.5. The first-order valence-corrected chi connectivity index (χ1v) is 28.2. The van der Waals surface area contributed by atoms with E-state index in [-0.39, 0.29) is 37.5 Å². The highest BCUT2D eigenvalue weighted by atomic mass is 16.6. The Morgan fingerprint density at radius 2 is 0.629 bits per heavy atom. The Labute approximate surface area is 430 Å². The molecule has 0 bridgehead atoms. The Morgan fingerprint density at radius 1 is 0.314 bits per heavy atom. The predicted molar refractivity (Wildman–Crippen MR) is 302 cm³/mol. The summed E-state index contributed by atoms with van der Waals surface area (Å²) in [6.07, 6.45) is 80.0. The summed E-state index contributed by atoms with van der Waals surface area (Å²) in [5, 5.41) is 0. The van der Waals surface area contributed by atoms with Gasteiger partial charge < -0.3 is 14.2 Å². The van der Waals surface area contributed by atoms with E-state index in [0.29, 0.717) is 19.3 Å². The first-order valence-electron chi connectivity index (χ1n) is 28.2. The molecular formula is C64H102O6. The van der Waals surface area contributed by atoms with Crippen LogP contribution in [0.1, 0.15) is 233 Å². The molecule has 0 fully saturated rings. The molecule has 0 saturated heterocycles. The van der Waals surface area contributed by atoms with E-state index in [0.717, 1.165) is 116 Å². The summed E-state index contributed by atoms with van der Waals surface area (Å²) in [6, 6.07) is 0. The van der Waals surface area contributed by atoms with Crippen molar-refractivity contribution < 1.29 is 28.6 Å². The fourth-order valence-electron chi connectivity index (χ4n) is 7.22. The molecule has 6 heteroatoms. The molecule has 0 radical (unpaired) electrons. The standard InChI is InChI=1S/C64H102O6/c1-4-7-10-13-16-19-22-25-28-31-34-36-39-42-45-48-51-54-57-63(66)69-60-61(70-64(67)58-55-52-49-46-43-40-37-33-30-27-24-21-18-15-12-9-6-3)59-68-62(65)56-53-50-47-44-41-38-35-32-29-26-23-20-17-14-11-8-5-2/h9,12,16-22,25-31,34,36-37,40,46,49,61H,4-8,10-11,13-15,23-24,32-33,35,38-39,41-45,47-48,50-60H2,1-3H3/b12-9-,19-16-,20-17-,21-18-,25-22-,29-26-,30-27-,31-28-,36-34-,40-37-,49-46-. The van der Waals surface area contributed by atoms with Crippen LogP contribution in [0, 0.1) is 0 Å². The van der Waals surface area contributed by atoms with E-state index in [1.54, 1.807) is 0 Å². The van der Waals surface area contributed by atoms with Crippen LogP contribution in [0.3, 0.4) is 0 Å². The van der Waals surface area contributed by atoms with E-state index in [1.165, 1.54) is 70.6 Å². The summed E-state index contributed by atoms with van der Waals surface area (Å²) in [5.74, 6) is -1.01. The Balaban J connectivity index is 4.57. The van der Waals surface area contributed by atoms with Crippen molar-refractivity contribution in [1.29, 1.82) is 0 Å². The molecule has 0 aromatic heterocycles. The number of esters is 3. The molecule has 0 aromatic carbocycles. The van der Waals surface area contributed by atoms with Crippen LogP contribution in [-0.4, -0.2) is 37.2 Å². The highest BCUT2D eigenvalue weighted by Gasteiger charge is 2.19. The first-order chi connectivity index (χ1) is 34.5. The summed E-state index contributed by atoms with van der Waals surface area (Å²) < 4.78 is 16.8. The summed E-state index contributed by atoms with van der Waals surface area (Å²) in [4.78, 5) is 38.1. The summed E-state index contributed by atoms with van der Waals surface area (Å²) in [6.45, 7) is 6.38. The molecule has 6 nitrogen and oxygen atoms in total. The van der Waals surface area contributed by atoms with Gasteiger partial charge in [-0.05, 0) is 116 Å². The van der Waals surface area contributed by atoms with Crippen LogP contribution in [0.4, 0.5) is 0 Å². The van der Waals surface area contributed by atoms with Crippen LogP contribution in [0.15, 0.2) is 134 Å². The SMILES string of the molecule is CC/C=C\C/C=C\C/C=C\C/C=C\C/C=C\CCCC(=O)OC(COC(=O)CCCCCCC\C=C/C=C\C=C/C=C\CCCCC)COC(=O)CCCCCCCCC/C=C\C/C=C\CCCCC. The topological polar surface area (TPSA) is 78.9 Å². The molecule has 0 aliphatic carbocycles. The van der Waals surface area contributed by atoms with Crippen molar-refractivity contribution in [2.75, 3.05) is 13.2 Å². The summed E-state index contributed by atoms with van der Waals surface area (Å²) >= 11 is 0. The summed E-state index contributed by atoms with van der Waals surface area (Å²) in [7, 11) is 0. The van der Waals surface area contributed by atoms with Gasteiger partial charge in [-0.15, -0.1) is 0 Å². The van der Waals surface area contributed by atoms with Crippen molar-refractivity contribution in [3.63, 3.8) is 0 Å². The highest BCUT2D eigenvalue weighted by molar-refractivity contribution is 5.71. The molecular weight excluding hydrogens is 865 g/mol. The van der Waals surface area contributed by atoms with Crippen molar-refractivity contribution >= 4 is 17.9 Å². The van der Waals surface area contributed by atoms with Crippen LogP contribution in [0.2, 0.25) is 0 Å². The number of allylic oxidation sites excluding steroid dienone is 22. The second kappa shape index (κ2) is 57.1. The van der Waals surface area contributed by atoms with Gasteiger partial charge in [0.25, 0.3) is 0 Å². The fourth-order valence-corrected chi connectivity index (χ4v) is 7.22. The number of carbonyl (C=O) groups excluding carboxylic acids is 3. The third-order valence-electron chi connectivity index (χ3n) is 11.5. The van der Waals surface area contributed by atoms with Gasteiger partial charge in [-0.1, -0.05) is 231 Å². The zero-order valence-corrected chi connectivity index (χ0v) is 45.0. The lowest BCUT2D eigenvalue weighted by Gasteiger charge is -2.18. The van der Waals surface area contributed by atoms with Crippen molar-refractivity contribution in [3.05, 3.63) is 134 Å². The number of unbranched alkanes of at least 4 members (excludes halogenated alkanes) is 19. The van der Waals surface area contributed by atoms with Gasteiger partial charge in [-0.3, -0.25) is 14.4 Å². The molecule has 1 unspecified atom stereocenters. The molecule has 1 atom stereocenters. The first kappa shape index (κ1) is 65.5. The highest BCUT2D eigenvalue weighted by Crippen LogP contribution is 2.13. The van der Waals surface area contributed by atoms with Gasteiger partial charge in [0.15, 0.2) is 6.10 Å². The minimum Gasteiger partial charge on any atom is -0.462 e. The van der Waals surface area contributed by atoms with E-state index >= 15 is 0 Å².